The van der Waals surface area contributed by atoms with Crippen LogP contribution in [0.2, 0.25) is 0 Å². The molecule has 4 rings (SSSR count). The van der Waals surface area contributed by atoms with Gasteiger partial charge in [-0.05, 0) is 43.1 Å². The summed E-state index contributed by atoms with van der Waals surface area (Å²) in [5.74, 6) is -24.2. The maximum Gasteiger partial charge on any atom is 0.422 e. The van der Waals surface area contributed by atoms with Crippen LogP contribution in [-0.2, 0) is 18.5 Å². The van der Waals surface area contributed by atoms with E-state index in [0.29, 0.717) is 0 Å². The molecule has 0 saturated heterocycles. The third-order valence-corrected chi connectivity index (χ3v) is 7.98. The molecule has 0 heterocycles. The summed E-state index contributed by atoms with van der Waals surface area (Å²) in [6, 6.07) is 1.54. The van der Waals surface area contributed by atoms with E-state index >= 15 is 13.2 Å². The fourth-order valence-corrected chi connectivity index (χ4v) is 5.50. The molecule has 3 nitrogen and oxygen atoms in total. The van der Waals surface area contributed by atoms with Gasteiger partial charge in [-0.2, -0.15) is 50.0 Å². The van der Waals surface area contributed by atoms with Gasteiger partial charge in [-0.25, -0.2) is 44.4 Å². The van der Waals surface area contributed by atoms with Crippen molar-refractivity contribution in [2.24, 2.45) is 0 Å². The Labute approximate surface area is 288 Å². The van der Waals surface area contributed by atoms with Gasteiger partial charge in [0.05, 0.1) is 17.7 Å². The van der Waals surface area contributed by atoms with Crippen LogP contribution < -0.4 is 0 Å². The van der Waals surface area contributed by atoms with Crippen LogP contribution in [0, 0.1) is 102 Å². The molecular formula is C33H9F18N3. The maximum absolute atomic E-state index is 15.4. The van der Waals surface area contributed by atoms with Crippen molar-refractivity contribution in [1.29, 1.82) is 10.5 Å². The number of allylic oxidation sites excluding steroid dienone is 5. The first-order chi connectivity index (χ1) is 24.6. The van der Waals surface area contributed by atoms with Crippen LogP contribution in [-0.4, -0.2) is 0 Å². The molecule has 1 aliphatic rings. The average molecular weight is 789 g/mol. The molecule has 54 heavy (non-hydrogen) atoms. The lowest BCUT2D eigenvalue weighted by Gasteiger charge is -2.17. The quantitative estimate of drug-likeness (QED) is 0.115. The number of rotatable bonds is 3. The Bertz CT molecular complexity index is 2290. The van der Waals surface area contributed by atoms with Gasteiger partial charge >= 0.3 is 18.5 Å². The summed E-state index contributed by atoms with van der Waals surface area (Å²) in [6.07, 6.45) is -18.2. The van der Waals surface area contributed by atoms with Crippen molar-refractivity contribution >= 4 is 16.8 Å². The minimum Gasteiger partial charge on any atom is -0.237 e. The molecule has 0 bridgehead atoms. The monoisotopic (exact) mass is 789 g/mol. The summed E-state index contributed by atoms with van der Waals surface area (Å²) < 4.78 is 261. The summed E-state index contributed by atoms with van der Waals surface area (Å²) in [7, 11) is 0. The van der Waals surface area contributed by atoms with Crippen molar-refractivity contribution in [3.63, 3.8) is 0 Å². The first kappa shape index (κ1) is 40.9. The van der Waals surface area contributed by atoms with Gasteiger partial charge < -0.3 is 0 Å². The highest BCUT2D eigenvalue weighted by atomic mass is 19.4. The first-order valence-corrected chi connectivity index (χ1v) is 13.8. The Morgan fingerprint density at radius 3 is 1.06 bits per heavy atom. The molecule has 3 aromatic carbocycles. The van der Waals surface area contributed by atoms with E-state index in [0.717, 1.165) is 12.1 Å². The van der Waals surface area contributed by atoms with E-state index in [1.807, 2.05) is 0 Å². The average Bonchev–Trinajstić information content (AvgIpc) is 3.77. The fraction of sp³-hybridized carbons (Fsp3) is 0.182. The van der Waals surface area contributed by atoms with Crippen molar-refractivity contribution in [2.75, 3.05) is 0 Å². The number of benzene rings is 3. The highest BCUT2D eigenvalue weighted by molar-refractivity contribution is 6.12. The summed E-state index contributed by atoms with van der Waals surface area (Å²) in [6.45, 7) is 8.27. The van der Waals surface area contributed by atoms with Gasteiger partial charge in [-0.1, -0.05) is 0 Å². The molecule has 0 unspecified atom stereocenters. The molecule has 0 aliphatic heterocycles. The molecule has 0 spiro atoms. The van der Waals surface area contributed by atoms with Crippen molar-refractivity contribution in [3.8, 4) is 12.1 Å². The zero-order valence-electron chi connectivity index (χ0n) is 26.1. The number of nitrogens with zero attached hydrogens (tertiary/aromatic N) is 3. The van der Waals surface area contributed by atoms with Crippen LogP contribution in [0.25, 0.3) is 21.7 Å². The lowest BCUT2D eigenvalue weighted by molar-refractivity contribution is -0.143. The van der Waals surface area contributed by atoms with Crippen LogP contribution in [0.5, 0.6) is 0 Å². The molecule has 3 aromatic rings. The third kappa shape index (κ3) is 6.09. The molecule has 1 aliphatic carbocycles. The Hall–Kier alpha value is -5.91. The minimum atomic E-state index is -6.12. The highest BCUT2D eigenvalue weighted by Crippen LogP contribution is 2.59. The van der Waals surface area contributed by atoms with E-state index in [1.165, 1.54) is 0 Å². The number of hydrogen-bond donors (Lipinski definition) is 0. The third-order valence-electron chi connectivity index (χ3n) is 7.98. The minimum absolute atomic E-state index is 0.234. The summed E-state index contributed by atoms with van der Waals surface area (Å²) >= 11 is 0. The van der Waals surface area contributed by atoms with Crippen molar-refractivity contribution in [1.82, 2.24) is 0 Å². The topological polar surface area (TPSA) is 51.9 Å². The zero-order valence-corrected chi connectivity index (χ0v) is 26.1. The van der Waals surface area contributed by atoms with Crippen LogP contribution in [0.4, 0.5) is 79.0 Å². The van der Waals surface area contributed by atoms with Crippen LogP contribution >= 0.6 is 0 Å². The van der Waals surface area contributed by atoms with E-state index in [1.54, 1.807) is 0 Å². The second-order valence-corrected chi connectivity index (χ2v) is 11.0. The smallest absolute Gasteiger partial charge is 0.237 e. The molecule has 0 radical (unpaired) electrons. The Morgan fingerprint density at radius 1 is 0.444 bits per heavy atom. The SMILES string of the molecule is [C-]#[N+]C(=C1C(=C(C#N)c2c(F)c(F)c(C)c(F)c2C(F)(F)F)C1=C(C#N)c1c(F)c(F)c(C)c(F)c1C(F)(F)F)c1c(C)c(F)c(C(F)(F)F)c(F)c1F. The number of nitriles is 2. The molecule has 0 amide bonds. The van der Waals surface area contributed by atoms with Crippen molar-refractivity contribution in [3.05, 3.63) is 131 Å². The van der Waals surface area contributed by atoms with Crippen LogP contribution in [0.15, 0.2) is 16.7 Å². The van der Waals surface area contributed by atoms with Gasteiger partial charge in [0.15, 0.2) is 34.9 Å². The van der Waals surface area contributed by atoms with E-state index in [9.17, 15) is 76.4 Å². The Morgan fingerprint density at radius 2 is 0.759 bits per heavy atom. The normalized spacial score (nSPS) is 15.1. The summed E-state index contributed by atoms with van der Waals surface area (Å²) in [5.41, 5.74) is -31.7. The van der Waals surface area contributed by atoms with Crippen molar-refractivity contribution < 1.29 is 79.0 Å². The lowest BCUT2D eigenvalue weighted by Crippen LogP contribution is -2.17. The molecule has 0 aromatic heterocycles. The molecule has 1 saturated carbocycles. The molecule has 1 fully saturated rings. The van der Waals surface area contributed by atoms with E-state index in [-0.39, 0.29) is 20.8 Å². The largest absolute Gasteiger partial charge is 0.422 e. The number of hydrogen-bond acceptors (Lipinski definition) is 2. The highest BCUT2D eigenvalue weighted by Gasteiger charge is 2.50. The van der Waals surface area contributed by atoms with Gasteiger partial charge in [-0.3, -0.25) is 0 Å². The van der Waals surface area contributed by atoms with Gasteiger partial charge in [0, 0.05) is 27.8 Å². The lowest BCUT2D eigenvalue weighted by atomic mass is 9.93. The fourth-order valence-electron chi connectivity index (χ4n) is 5.50. The Balaban J connectivity index is 2.47. The maximum atomic E-state index is 15.4. The Kier molecular flexibility index (Phi) is 9.98. The standard InChI is InChI=1S/C33H9F18N3/c1-7-12(26(39)29(42)20(21(7)34)33(49,50)51)30(54-4)17-13(10(5-52)15-18(31(43,44)45)22(35)8(2)24(37)27(15)40)14(17)11(6-53)16-19(32(46,47)48)23(36)9(3)25(38)28(16)41/h1-3H3. The molecule has 282 valence electrons. The van der Waals surface area contributed by atoms with Gasteiger partial charge in [-0.15, -0.1) is 0 Å². The van der Waals surface area contributed by atoms with E-state index < -0.39 is 155 Å². The van der Waals surface area contributed by atoms with Gasteiger partial charge in [0.25, 0.3) is 0 Å². The van der Waals surface area contributed by atoms with Gasteiger partial charge in [0.2, 0.25) is 5.70 Å². The predicted molar refractivity (Wildman–Crippen MR) is 147 cm³/mol. The number of alkyl halides is 9. The molecule has 0 N–H and O–H groups in total. The van der Waals surface area contributed by atoms with Crippen LogP contribution in [0.3, 0.4) is 0 Å². The van der Waals surface area contributed by atoms with E-state index in [2.05, 4.69) is 4.85 Å². The van der Waals surface area contributed by atoms with Crippen molar-refractivity contribution in [2.45, 2.75) is 39.3 Å². The summed E-state index contributed by atoms with van der Waals surface area (Å²) in [4.78, 5) is 2.58. The number of halogens is 18. The summed E-state index contributed by atoms with van der Waals surface area (Å²) in [5, 5.41) is 19.9. The second kappa shape index (κ2) is 13.2. The van der Waals surface area contributed by atoms with Gasteiger partial charge in [0.1, 0.15) is 46.3 Å². The van der Waals surface area contributed by atoms with E-state index in [4.69, 9.17) is 6.57 Å². The molecule has 0 atom stereocenters. The molecule has 21 heteroatoms. The molecular weight excluding hydrogens is 780 g/mol. The predicted octanol–water partition coefficient (Wildman–Crippen LogP) is 11.5. The van der Waals surface area contributed by atoms with Crippen LogP contribution in [0.1, 0.15) is 50.1 Å². The second-order valence-electron chi connectivity index (χ2n) is 11.0. The first-order valence-electron chi connectivity index (χ1n) is 13.8. The zero-order chi connectivity index (χ0) is 41.5.